The molecule has 0 aromatic carbocycles. The lowest BCUT2D eigenvalue weighted by atomic mass is 9.80. The molecular weight excluding hydrogens is 248 g/mol. The standard InChI is InChI=1S/C14H28N2O.ClH/c1-9(2)5-13(15)14(17)16-12-7-10(3)6-11(4)8-12;/h9-13H,5-8,15H2,1-4H3,(H,16,17);1H/t10?,11?,12?,13-;/m0./s1. The van der Waals surface area contributed by atoms with Crippen molar-refractivity contribution in [3.63, 3.8) is 0 Å². The molecule has 0 heterocycles. The van der Waals surface area contributed by atoms with Gasteiger partial charge >= 0.3 is 0 Å². The van der Waals surface area contributed by atoms with Crippen LogP contribution in [0.15, 0.2) is 0 Å². The number of nitrogens with two attached hydrogens (primary N) is 1. The van der Waals surface area contributed by atoms with E-state index in [-0.39, 0.29) is 24.4 Å². The number of hydrogen-bond donors (Lipinski definition) is 2. The monoisotopic (exact) mass is 276 g/mol. The second-order valence-electron chi connectivity index (χ2n) is 6.36. The maximum atomic E-state index is 11.9. The molecule has 0 aliphatic heterocycles. The molecule has 2 unspecified atom stereocenters. The molecule has 0 radical (unpaired) electrons. The summed E-state index contributed by atoms with van der Waals surface area (Å²) in [7, 11) is 0. The van der Waals surface area contributed by atoms with Crippen molar-refractivity contribution in [2.75, 3.05) is 0 Å². The fraction of sp³-hybridized carbons (Fsp3) is 0.929. The summed E-state index contributed by atoms with van der Waals surface area (Å²) in [6.45, 7) is 8.72. The number of carbonyl (C=O) groups excluding carboxylic acids is 1. The van der Waals surface area contributed by atoms with Gasteiger partial charge < -0.3 is 11.1 Å². The molecule has 0 spiro atoms. The molecule has 0 bridgehead atoms. The number of carbonyl (C=O) groups is 1. The van der Waals surface area contributed by atoms with Gasteiger partial charge in [0.2, 0.25) is 5.91 Å². The first-order valence-corrected chi connectivity index (χ1v) is 6.94. The van der Waals surface area contributed by atoms with Crippen LogP contribution in [0.2, 0.25) is 0 Å². The summed E-state index contributed by atoms with van der Waals surface area (Å²) in [5.41, 5.74) is 5.89. The van der Waals surface area contributed by atoms with E-state index < -0.39 is 0 Å². The average molecular weight is 277 g/mol. The third-order valence-corrected chi connectivity index (χ3v) is 3.59. The number of rotatable bonds is 4. The topological polar surface area (TPSA) is 55.1 Å². The maximum Gasteiger partial charge on any atom is 0.237 e. The Morgan fingerprint density at radius 1 is 1.22 bits per heavy atom. The Labute approximate surface area is 118 Å². The van der Waals surface area contributed by atoms with Crippen molar-refractivity contribution < 1.29 is 4.79 Å². The highest BCUT2D eigenvalue weighted by atomic mass is 35.5. The number of hydrogen-bond acceptors (Lipinski definition) is 2. The normalized spacial score (nSPS) is 29.6. The van der Waals surface area contributed by atoms with Gasteiger partial charge in [0.05, 0.1) is 6.04 Å². The van der Waals surface area contributed by atoms with E-state index in [1.165, 1.54) is 6.42 Å². The second-order valence-corrected chi connectivity index (χ2v) is 6.36. The van der Waals surface area contributed by atoms with Crippen molar-refractivity contribution in [1.29, 1.82) is 0 Å². The number of nitrogens with one attached hydrogen (secondary N) is 1. The minimum Gasteiger partial charge on any atom is -0.352 e. The number of halogens is 1. The van der Waals surface area contributed by atoms with E-state index in [0.717, 1.165) is 19.3 Å². The Bertz CT molecular complexity index is 248. The first-order chi connectivity index (χ1) is 7.88. The lowest BCUT2D eigenvalue weighted by Crippen LogP contribution is -2.48. The molecule has 0 aromatic rings. The third-order valence-electron chi connectivity index (χ3n) is 3.59. The highest BCUT2D eigenvalue weighted by Crippen LogP contribution is 2.28. The summed E-state index contributed by atoms with van der Waals surface area (Å²) >= 11 is 0. The predicted molar refractivity (Wildman–Crippen MR) is 78.8 cm³/mol. The molecule has 3 N–H and O–H groups in total. The molecule has 1 rings (SSSR count). The summed E-state index contributed by atoms with van der Waals surface area (Å²) in [6.07, 6.45) is 4.25. The molecule has 3 atom stereocenters. The Kier molecular flexibility index (Phi) is 7.88. The van der Waals surface area contributed by atoms with E-state index in [0.29, 0.717) is 23.8 Å². The first-order valence-electron chi connectivity index (χ1n) is 6.94. The highest BCUT2D eigenvalue weighted by molar-refractivity contribution is 5.85. The average Bonchev–Trinajstić information content (AvgIpc) is 2.14. The molecule has 4 heteroatoms. The fourth-order valence-electron chi connectivity index (χ4n) is 2.99. The van der Waals surface area contributed by atoms with Gasteiger partial charge in [0.1, 0.15) is 0 Å². The van der Waals surface area contributed by atoms with Crippen LogP contribution >= 0.6 is 12.4 Å². The van der Waals surface area contributed by atoms with Gasteiger partial charge in [0, 0.05) is 6.04 Å². The van der Waals surface area contributed by atoms with E-state index in [9.17, 15) is 4.79 Å². The van der Waals surface area contributed by atoms with Crippen LogP contribution in [-0.2, 0) is 4.79 Å². The van der Waals surface area contributed by atoms with Crippen LogP contribution in [0.25, 0.3) is 0 Å². The molecular formula is C14H29ClN2O. The fourth-order valence-corrected chi connectivity index (χ4v) is 2.99. The largest absolute Gasteiger partial charge is 0.352 e. The first kappa shape index (κ1) is 17.7. The summed E-state index contributed by atoms with van der Waals surface area (Å²) in [4.78, 5) is 11.9. The van der Waals surface area contributed by atoms with Gasteiger partial charge in [-0.25, -0.2) is 0 Å². The minimum atomic E-state index is -0.345. The van der Waals surface area contributed by atoms with Crippen LogP contribution in [-0.4, -0.2) is 18.0 Å². The van der Waals surface area contributed by atoms with Crippen molar-refractivity contribution in [3.8, 4) is 0 Å². The summed E-state index contributed by atoms with van der Waals surface area (Å²) < 4.78 is 0. The Balaban J connectivity index is 0.00000289. The third kappa shape index (κ3) is 6.05. The van der Waals surface area contributed by atoms with E-state index in [4.69, 9.17) is 5.73 Å². The van der Waals surface area contributed by atoms with Crippen LogP contribution < -0.4 is 11.1 Å². The van der Waals surface area contributed by atoms with E-state index >= 15 is 0 Å². The molecule has 108 valence electrons. The zero-order valence-corrected chi connectivity index (χ0v) is 12.9. The molecule has 1 aliphatic rings. The van der Waals surface area contributed by atoms with Crippen LogP contribution in [0.4, 0.5) is 0 Å². The molecule has 0 aromatic heterocycles. The van der Waals surface area contributed by atoms with E-state index in [2.05, 4.69) is 33.0 Å². The Hall–Kier alpha value is -0.280. The summed E-state index contributed by atoms with van der Waals surface area (Å²) in [6, 6.07) is -0.0120. The van der Waals surface area contributed by atoms with Gasteiger partial charge in [0.25, 0.3) is 0 Å². The Morgan fingerprint density at radius 2 is 1.72 bits per heavy atom. The zero-order valence-electron chi connectivity index (χ0n) is 12.1. The molecule has 18 heavy (non-hydrogen) atoms. The van der Waals surface area contributed by atoms with Crippen LogP contribution in [0.5, 0.6) is 0 Å². The molecule has 1 amide bonds. The smallest absolute Gasteiger partial charge is 0.237 e. The van der Waals surface area contributed by atoms with Gasteiger partial charge in [-0.3, -0.25) is 4.79 Å². The van der Waals surface area contributed by atoms with Gasteiger partial charge in [0.15, 0.2) is 0 Å². The molecule has 1 saturated carbocycles. The predicted octanol–water partition coefficient (Wildman–Crippen LogP) is 2.72. The number of amides is 1. The lowest BCUT2D eigenvalue weighted by Gasteiger charge is -2.32. The van der Waals surface area contributed by atoms with Gasteiger partial charge in [-0.1, -0.05) is 27.7 Å². The SMILES string of the molecule is CC(C)C[C@H](N)C(=O)NC1CC(C)CC(C)C1.Cl. The minimum absolute atomic E-state index is 0. The van der Waals surface area contributed by atoms with Gasteiger partial charge in [-0.05, 0) is 43.4 Å². The zero-order chi connectivity index (χ0) is 13.0. The molecule has 1 aliphatic carbocycles. The van der Waals surface area contributed by atoms with Crippen LogP contribution in [0, 0.1) is 17.8 Å². The summed E-state index contributed by atoms with van der Waals surface area (Å²) in [5.74, 6) is 1.93. The van der Waals surface area contributed by atoms with Gasteiger partial charge in [-0.15, -0.1) is 12.4 Å². The second kappa shape index (κ2) is 8.00. The molecule has 1 fully saturated rings. The van der Waals surface area contributed by atoms with Crippen molar-refractivity contribution in [1.82, 2.24) is 5.32 Å². The van der Waals surface area contributed by atoms with Crippen molar-refractivity contribution in [2.24, 2.45) is 23.5 Å². The molecule has 3 nitrogen and oxygen atoms in total. The maximum absolute atomic E-state index is 11.9. The van der Waals surface area contributed by atoms with E-state index in [1.54, 1.807) is 0 Å². The Morgan fingerprint density at radius 3 is 2.17 bits per heavy atom. The van der Waals surface area contributed by atoms with Crippen LogP contribution in [0.3, 0.4) is 0 Å². The van der Waals surface area contributed by atoms with E-state index in [1.807, 2.05) is 0 Å². The van der Waals surface area contributed by atoms with Crippen molar-refractivity contribution in [2.45, 2.75) is 65.5 Å². The van der Waals surface area contributed by atoms with Gasteiger partial charge in [-0.2, -0.15) is 0 Å². The lowest BCUT2D eigenvalue weighted by molar-refractivity contribution is -0.123. The van der Waals surface area contributed by atoms with Crippen molar-refractivity contribution >= 4 is 18.3 Å². The van der Waals surface area contributed by atoms with Crippen LogP contribution in [0.1, 0.15) is 53.4 Å². The van der Waals surface area contributed by atoms with Crippen molar-refractivity contribution in [3.05, 3.63) is 0 Å². The highest BCUT2D eigenvalue weighted by Gasteiger charge is 2.26. The quantitative estimate of drug-likeness (QED) is 0.830. The summed E-state index contributed by atoms with van der Waals surface area (Å²) in [5, 5.41) is 3.12. The molecule has 0 saturated heterocycles.